The zero-order chi connectivity index (χ0) is 21.1. The van der Waals surface area contributed by atoms with Gasteiger partial charge >= 0.3 is 5.97 Å². The molecule has 0 radical (unpaired) electrons. The number of aromatic nitrogens is 3. The Morgan fingerprint density at radius 1 is 1.03 bits per heavy atom. The van der Waals surface area contributed by atoms with Crippen molar-refractivity contribution in [1.29, 1.82) is 0 Å². The smallest absolute Gasteiger partial charge is 0.342 e. The van der Waals surface area contributed by atoms with E-state index in [2.05, 4.69) is 10.1 Å². The summed E-state index contributed by atoms with van der Waals surface area (Å²) >= 11 is 0. The van der Waals surface area contributed by atoms with Crippen molar-refractivity contribution in [2.24, 2.45) is 0 Å². The summed E-state index contributed by atoms with van der Waals surface area (Å²) in [4.78, 5) is 17.2. The van der Waals surface area contributed by atoms with Gasteiger partial charge in [0.15, 0.2) is 6.61 Å². The molecule has 0 bridgehead atoms. The average molecular weight is 401 g/mol. The Kier molecular flexibility index (Phi) is 5.48. The Balaban J connectivity index is 1.61. The highest BCUT2D eigenvalue weighted by Crippen LogP contribution is 2.24. The van der Waals surface area contributed by atoms with E-state index in [1.54, 1.807) is 10.9 Å². The van der Waals surface area contributed by atoms with Crippen LogP contribution in [-0.4, -0.2) is 20.7 Å². The fourth-order valence-corrected chi connectivity index (χ4v) is 3.15. The predicted molar refractivity (Wildman–Crippen MR) is 113 cm³/mol. The van der Waals surface area contributed by atoms with Crippen molar-refractivity contribution in [2.45, 2.75) is 33.9 Å². The minimum Gasteiger partial charge on any atom is -0.452 e. The van der Waals surface area contributed by atoms with E-state index in [-0.39, 0.29) is 6.61 Å². The van der Waals surface area contributed by atoms with E-state index in [9.17, 15) is 4.79 Å². The molecule has 6 nitrogen and oxygen atoms in total. The number of rotatable bonds is 6. The Morgan fingerprint density at radius 3 is 2.43 bits per heavy atom. The van der Waals surface area contributed by atoms with Crippen LogP contribution in [0.1, 0.15) is 38.8 Å². The Bertz CT molecular complexity index is 1140. The number of benzene rings is 2. The first-order valence-electron chi connectivity index (χ1n) is 9.78. The molecule has 0 unspecified atom stereocenters. The van der Waals surface area contributed by atoms with Crippen LogP contribution in [0, 0.1) is 20.8 Å². The first-order chi connectivity index (χ1) is 14.5. The highest BCUT2D eigenvalue weighted by atomic mass is 16.5. The fraction of sp³-hybridized carbons (Fsp3) is 0.208. The van der Waals surface area contributed by atoms with E-state index in [1.165, 1.54) is 0 Å². The zero-order valence-corrected chi connectivity index (χ0v) is 17.3. The van der Waals surface area contributed by atoms with E-state index < -0.39 is 5.97 Å². The summed E-state index contributed by atoms with van der Waals surface area (Å²) in [6, 6.07) is 17.9. The van der Waals surface area contributed by atoms with Gasteiger partial charge in [0.25, 0.3) is 0 Å². The van der Waals surface area contributed by atoms with Gasteiger partial charge < -0.3 is 9.15 Å². The summed E-state index contributed by atoms with van der Waals surface area (Å²) in [6.45, 7) is 6.24. The summed E-state index contributed by atoms with van der Waals surface area (Å²) in [5.41, 5.74) is 4.90. The SMILES string of the molecule is Cc1ccc(-c2nn(Cc3ccccc3)cc2C(=O)OCc2nc(C)c(C)o2)cc1. The summed E-state index contributed by atoms with van der Waals surface area (Å²) in [5, 5.41) is 4.68. The third kappa shape index (κ3) is 4.33. The molecule has 0 aliphatic carbocycles. The third-order valence-corrected chi connectivity index (χ3v) is 4.89. The lowest BCUT2D eigenvalue weighted by atomic mass is 10.1. The highest BCUT2D eigenvalue weighted by Gasteiger charge is 2.20. The van der Waals surface area contributed by atoms with E-state index in [0.29, 0.717) is 23.7 Å². The minimum absolute atomic E-state index is 0.0231. The molecular formula is C24H23N3O3. The summed E-state index contributed by atoms with van der Waals surface area (Å²) in [7, 11) is 0. The van der Waals surface area contributed by atoms with Crippen LogP contribution < -0.4 is 0 Å². The van der Waals surface area contributed by atoms with Gasteiger partial charge in [-0.05, 0) is 26.3 Å². The second-order valence-corrected chi connectivity index (χ2v) is 7.27. The number of hydrogen-bond donors (Lipinski definition) is 0. The molecule has 0 saturated carbocycles. The van der Waals surface area contributed by atoms with Crippen molar-refractivity contribution >= 4 is 5.97 Å². The lowest BCUT2D eigenvalue weighted by Gasteiger charge is -2.03. The second-order valence-electron chi connectivity index (χ2n) is 7.27. The van der Waals surface area contributed by atoms with E-state index in [1.807, 2.05) is 75.4 Å². The topological polar surface area (TPSA) is 70.2 Å². The van der Waals surface area contributed by atoms with Gasteiger partial charge in [0.2, 0.25) is 5.89 Å². The van der Waals surface area contributed by atoms with Gasteiger partial charge in [-0.15, -0.1) is 0 Å². The number of ether oxygens (including phenoxy) is 1. The maximum Gasteiger partial charge on any atom is 0.342 e. The van der Waals surface area contributed by atoms with Crippen molar-refractivity contribution in [3.63, 3.8) is 0 Å². The molecule has 0 atom stereocenters. The van der Waals surface area contributed by atoms with Crippen molar-refractivity contribution < 1.29 is 13.9 Å². The van der Waals surface area contributed by atoms with Gasteiger partial charge in [0, 0.05) is 11.8 Å². The van der Waals surface area contributed by atoms with Crippen LogP contribution in [-0.2, 0) is 17.9 Å². The van der Waals surface area contributed by atoms with Crippen LogP contribution in [0.4, 0.5) is 0 Å². The first-order valence-corrected chi connectivity index (χ1v) is 9.78. The molecule has 0 amide bonds. The van der Waals surface area contributed by atoms with Crippen molar-refractivity contribution in [1.82, 2.24) is 14.8 Å². The van der Waals surface area contributed by atoms with E-state index in [0.717, 1.165) is 28.1 Å². The molecule has 0 N–H and O–H groups in total. The van der Waals surface area contributed by atoms with Gasteiger partial charge in [-0.1, -0.05) is 60.2 Å². The number of carbonyl (C=O) groups is 1. The molecule has 0 spiro atoms. The number of aryl methyl sites for hydroxylation is 3. The monoisotopic (exact) mass is 401 g/mol. The number of hydrogen-bond acceptors (Lipinski definition) is 5. The van der Waals surface area contributed by atoms with Crippen molar-refractivity contribution in [3.8, 4) is 11.3 Å². The largest absolute Gasteiger partial charge is 0.452 e. The van der Waals surface area contributed by atoms with Crippen LogP contribution in [0.25, 0.3) is 11.3 Å². The molecule has 0 aliphatic rings. The number of carbonyl (C=O) groups excluding carboxylic acids is 1. The van der Waals surface area contributed by atoms with Gasteiger partial charge in [-0.2, -0.15) is 5.10 Å². The molecule has 0 saturated heterocycles. The Hall–Kier alpha value is -3.67. The number of nitrogens with zero attached hydrogens (tertiary/aromatic N) is 3. The third-order valence-electron chi connectivity index (χ3n) is 4.89. The normalized spacial score (nSPS) is 10.9. The average Bonchev–Trinajstić information content (AvgIpc) is 3.30. The Labute approximate surface area is 175 Å². The van der Waals surface area contributed by atoms with Gasteiger partial charge in [-0.3, -0.25) is 4.68 Å². The standard InChI is InChI=1S/C24H23N3O3/c1-16-9-11-20(12-10-16)23-21(14-27(26-23)13-19-7-5-4-6-8-19)24(28)29-15-22-25-17(2)18(3)30-22/h4-12,14H,13,15H2,1-3H3. The molecule has 2 aromatic heterocycles. The predicted octanol–water partition coefficient (Wildman–Crippen LogP) is 4.87. The van der Waals surface area contributed by atoms with Crippen LogP contribution in [0.3, 0.4) is 0 Å². The minimum atomic E-state index is -0.460. The second kappa shape index (κ2) is 8.37. The maximum absolute atomic E-state index is 12.9. The molecule has 0 fully saturated rings. The molecule has 6 heteroatoms. The van der Waals surface area contributed by atoms with E-state index in [4.69, 9.17) is 9.15 Å². The van der Waals surface area contributed by atoms with Gasteiger partial charge in [-0.25, -0.2) is 9.78 Å². The summed E-state index contributed by atoms with van der Waals surface area (Å²) in [5.74, 6) is 0.641. The Morgan fingerprint density at radius 2 is 1.77 bits per heavy atom. The maximum atomic E-state index is 12.9. The molecule has 152 valence electrons. The molecular weight excluding hydrogens is 378 g/mol. The summed E-state index contributed by atoms with van der Waals surface area (Å²) < 4.78 is 12.8. The van der Waals surface area contributed by atoms with Crippen LogP contribution in [0.2, 0.25) is 0 Å². The molecule has 2 heterocycles. The van der Waals surface area contributed by atoms with Gasteiger partial charge in [0.1, 0.15) is 17.0 Å². The van der Waals surface area contributed by atoms with Crippen LogP contribution >= 0.6 is 0 Å². The van der Waals surface area contributed by atoms with E-state index >= 15 is 0 Å². The number of esters is 1. The zero-order valence-electron chi connectivity index (χ0n) is 17.3. The van der Waals surface area contributed by atoms with Crippen LogP contribution in [0.15, 0.2) is 65.2 Å². The molecule has 0 aliphatic heterocycles. The van der Waals surface area contributed by atoms with Gasteiger partial charge in [0.05, 0.1) is 12.2 Å². The highest BCUT2D eigenvalue weighted by molar-refractivity contribution is 5.96. The molecule has 4 rings (SSSR count). The summed E-state index contributed by atoms with van der Waals surface area (Å²) in [6.07, 6.45) is 1.73. The molecule has 4 aromatic rings. The lowest BCUT2D eigenvalue weighted by Crippen LogP contribution is -2.06. The fourth-order valence-electron chi connectivity index (χ4n) is 3.15. The van der Waals surface area contributed by atoms with Crippen LogP contribution in [0.5, 0.6) is 0 Å². The molecule has 2 aromatic carbocycles. The van der Waals surface area contributed by atoms with Crippen molar-refractivity contribution in [3.05, 3.63) is 94.8 Å². The van der Waals surface area contributed by atoms with Crippen molar-refractivity contribution in [2.75, 3.05) is 0 Å². The quantitative estimate of drug-likeness (QED) is 0.431. The first kappa shape index (κ1) is 19.6. The molecule has 30 heavy (non-hydrogen) atoms. The number of oxazole rings is 1. The lowest BCUT2D eigenvalue weighted by molar-refractivity contribution is 0.0437.